The van der Waals surface area contributed by atoms with Crippen molar-refractivity contribution in [3.63, 3.8) is 0 Å². The zero-order valence-corrected chi connectivity index (χ0v) is 10.7. The van der Waals surface area contributed by atoms with E-state index in [2.05, 4.69) is 4.98 Å². The Bertz CT molecular complexity index is 504. The summed E-state index contributed by atoms with van der Waals surface area (Å²) in [5, 5.41) is 0. The molecule has 0 aliphatic rings. The predicted octanol–water partition coefficient (Wildman–Crippen LogP) is 2.84. The highest BCUT2D eigenvalue weighted by Gasteiger charge is 2.05. The van der Waals surface area contributed by atoms with Crippen LogP contribution in [0.4, 0.5) is 14.6 Å². The van der Waals surface area contributed by atoms with Gasteiger partial charge in [0.15, 0.2) is 0 Å². The van der Waals surface area contributed by atoms with Gasteiger partial charge in [0.25, 0.3) is 0 Å². The topological polar surface area (TPSA) is 43.8 Å². The summed E-state index contributed by atoms with van der Waals surface area (Å²) < 4.78 is 27.4. The number of nitrogens with two attached hydrogens (primary N) is 1. The van der Waals surface area contributed by atoms with Crippen LogP contribution in [0, 0.1) is 18.6 Å². The summed E-state index contributed by atoms with van der Waals surface area (Å²) in [6.45, 7) is 3.37. The fourth-order valence-electron chi connectivity index (χ4n) is 1.49. The van der Waals surface area contributed by atoms with E-state index in [9.17, 15) is 8.78 Å². The number of aryl methyl sites for hydroxylation is 3. The maximum atomic E-state index is 13.0. The smallest absolute Gasteiger partial charge is 0.141 e. The maximum absolute atomic E-state index is 13.0. The molecule has 0 atom stereocenters. The van der Waals surface area contributed by atoms with Gasteiger partial charge >= 0.3 is 0 Å². The van der Waals surface area contributed by atoms with Gasteiger partial charge in [-0.1, -0.05) is 6.92 Å². The average Bonchev–Trinajstić information content (AvgIpc) is 2.68. The summed E-state index contributed by atoms with van der Waals surface area (Å²) >= 11 is 0. The summed E-state index contributed by atoms with van der Waals surface area (Å²) in [6, 6.07) is 2.44. The van der Waals surface area contributed by atoms with E-state index in [0.29, 0.717) is 23.4 Å². The molecule has 0 bridgehead atoms. The molecule has 0 aliphatic heterocycles. The molecule has 98 valence electrons. The lowest BCUT2D eigenvalue weighted by molar-refractivity contribution is 0.579. The number of hydrogen-bond donors (Lipinski definition) is 1. The Morgan fingerprint density at radius 2 is 2.00 bits per heavy atom. The van der Waals surface area contributed by atoms with E-state index in [4.69, 9.17) is 5.73 Å². The van der Waals surface area contributed by atoms with Gasteiger partial charge in [0.2, 0.25) is 0 Å². The van der Waals surface area contributed by atoms with Gasteiger partial charge in [0.05, 0.1) is 6.33 Å². The highest BCUT2D eigenvalue weighted by Crippen LogP contribution is 2.14. The van der Waals surface area contributed by atoms with Crippen molar-refractivity contribution < 1.29 is 8.78 Å². The van der Waals surface area contributed by atoms with Crippen LogP contribution in [0.3, 0.4) is 0 Å². The maximum Gasteiger partial charge on any atom is 0.141 e. The summed E-state index contributed by atoms with van der Waals surface area (Å²) in [4.78, 5) is 3.76. The van der Waals surface area contributed by atoms with E-state index < -0.39 is 0 Å². The molecule has 0 unspecified atom stereocenters. The van der Waals surface area contributed by atoms with Gasteiger partial charge in [0, 0.05) is 13.2 Å². The molecule has 0 radical (unpaired) electrons. The molecule has 2 rings (SSSR count). The van der Waals surface area contributed by atoms with E-state index in [1.54, 1.807) is 30.9 Å². The lowest BCUT2D eigenvalue weighted by atomic mass is 10.1. The predicted molar refractivity (Wildman–Crippen MR) is 68.1 cm³/mol. The first-order chi connectivity index (χ1) is 8.43. The standard InChI is InChI=1S/C9H10F2.C4H7N3/c1-3-7-5-8(10)4-6(2)9(7)11;1-7-2-4(5)6-3-7/h4-5H,3H2,1-2H3;2-3H,5H2,1H3. The second-order valence-corrected chi connectivity index (χ2v) is 4.01. The number of imidazole rings is 1. The van der Waals surface area contributed by atoms with Crippen molar-refractivity contribution in [1.29, 1.82) is 0 Å². The molecule has 1 heterocycles. The van der Waals surface area contributed by atoms with Crippen molar-refractivity contribution >= 4 is 5.82 Å². The number of aromatic nitrogens is 2. The summed E-state index contributed by atoms with van der Waals surface area (Å²) in [6.07, 6.45) is 3.94. The molecule has 18 heavy (non-hydrogen) atoms. The minimum absolute atomic E-state index is 0.283. The first-order valence-corrected chi connectivity index (χ1v) is 5.62. The van der Waals surface area contributed by atoms with Crippen molar-refractivity contribution in [1.82, 2.24) is 9.55 Å². The Morgan fingerprint density at radius 3 is 2.39 bits per heavy atom. The Hall–Kier alpha value is -1.91. The lowest BCUT2D eigenvalue weighted by Gasteiger charge is -2.02. The number of rotatable bonds is 1. The van der Waals surface area contributed by atoms with Crippen LogP contribution >= 0.6 is 0 Å². The SMILES string of the molecule is CCc1cc(F)cc(C)c1F.Cn1cnc(N)c1. The first kappa shape index (κ1) is 14.2. The second kappa shape index (κ2) is 6.14. The summed E-state index contributed by atoms with van der Waals surface area (Å²) in [5.74, 6) is -0.0721. The number of anilines is 1. The van der Waals surface area contributed by atoms with Crippen LogP contribution in [0.25, 0.3) is 0 Å². The molecule has 0 spiro atoms. The first-order valence-electron chi connectivity index (χ1n) is 5.62. The Labute approximate surface area is 105 Å². The van der Waals surface area contributed by atoms with Crippen LogP contribution < -0.4 is 5.73 Å². The summed E-state index contributed by atoms with van der Waals surface area (Å²) in [5.41, 5.74) is 6.07. The van der Waals surface area contributed by atoms with Crippen molar-refractivity contribution in [3.05, 3.63) is 47.4 Å². The third-order valence-electron chi connectivity index (χ3n) is 2.40. The van der Waals surface area contributed by atoms with Crippen LogP contribution in [0.15, 0.2) is 24.7 Å². The number of nitrogens with zero attached hydrogens (tertiary/aromatic N) is 2. The van der Waals surface area contributed by atoms with Crippen molar-refractivity contribution in [2.24, 2.45) is 7.05 Å². The van der Waals surface area contributed by atoms with E-state index in [-0.39, 0.29) is 11.6 Å². The molecule has 0 amide bonds. The molecular weight excluding hydrogens is 236 g/mol. The molecule has 3 nitrogen and oxygen atoms in total. The molecule has 0 fully saturated rings. The Morgan fingerprint density at radius 1 is 1.33 bits per heavy atom. The quantitative estimate of drug-likeness (QED) is 0.849. The zero-order valence-electron chi connectivity index (χ0n) is 10.7. The van der Waals surface area contributed by atoms with Crippen LogP contribution in [0.2, 0.25) is 0 Å². The molecule has 1 aromatic carbocycles. The second-order valence-electron chi connectivity index (χ2n) is 4.01. The summed E-state index contributed by atoms with van der Waals surface area (Å²) in [7, 11) is 1.88. The van der Waals surface area contributed by atoms with Gasteiger partial charge in [-0.2, -0.15) is 0 Å². The highest BCUT2D eigenvalue weighted by molar-refractivity contribution is 5.25. The van der Waals surface area contributed by atoms with Crippen molar-refractivity contribution in [3.8, 4) is 0 Å². The number of benzene rings is 1. The van der Waals surface area contributed by atoms with Gasteiger partial charge in [0.1, 0.15) is 17.5 Å². The van der Waals surface area contributed by atoms with Crippen molar-refractivity contribution in [2.75, 3.05) is 5.73 Å². The molecule has 1 aromatic heterocycles. The molecule has 2 aromatic rings. The van der Waals surface area contributed by atoms with Crippen molar-refractivity contribution in [2.45, 2.75) is 20.3 Å². The lowest BCUT2D eigenvalue weighted by Crippen LogP contribution is -1.93. The Balaban J connectivity index is 0.000000199. The normalized spacial score (nSPS) is 9.83. The number of halogens is 2. The average molecular weight is 253 g/mol. The van der Waals surface area contributed by atoms with Gasteiger partial charge in [-0.3, -0.25) is 0 Å². The monoisotopic (exact) mass is 253 g/mol. The van der Waals surface area contributed by atoms with Gasteiger partial charge in [-0.05, 0) is 36.6 Å². The fourth-order valence-corrected chi connectivity index (χ4v) is 1.49. The van der Waals surface area contributed by atoms with Crippen LogP contribution in [-0.2, 0) is 13.5 Å². The molecule has 0 aliphatic carbocycles. The van der Waals surface area contributed by atoms with Crippen LogP contribution in [-0.4, -0.2) is 9.55 Å². The molecule has 0 saturated carbocycles. The third kappa shape index (κ3) is 3.84. The van der Waals surface area contributed by atoms with E-state index in [1.165, 1.54) is 12.1 Å². The van der Waals surface area contributed by atoms with E-state index in [0.717, 1.165) is 0 Å². The molecule has 2 N–H and O–H groups in total. The number of nitrogen functional groups attached to an aromatic ring is 1. The molecule has 5 heteroatoms. The molecule has 0 saturated heterocycles. The molecular formula is C13H17F2N3. The fraction of sp³-hybridized carbons (Fsp3) is 0.308. The van der Waals surface area contributed by atoms with E-state index >= 15 is 0 Å². The largest absolute Gasteiger partial charge is 0.382 e. The van der Waals surface area contributed by atoms with Gasteiger partial charge < -0.3 is 10.3 Å². The van der Waals surface area contributed by atoms with Crippen LogP contribution in [0.1, 0.15) is 18.1 Å². The van der Waals surface area contributed by atoms with Crippen LogP contribution in [0.5, 0.6) is 0 Å². The Kier molecular flexibility index (Phi) is 4.83. The minimum Gasteiger partial charge on any atom is -0.382 e. The van der Waals surface area contributed by atoms with Gasteiger partial charge in [-0.15, -0.1) is 0 Å². The van der Waals surface area contributed by atoms with E-state index in [1.807, 2.05) is 7.05 Å². The third-order valence-corrected chi connectivity index (χ3v) is 2.40. The highest BCUT2D eigenvalue weighted by atomic mass is 19.1. The minimum atomic E-state index is -0.360. The number of hydrogen-bond acceptors (Lipinski definition) is 2. The zero-order chi connectivity index (χ0) is 13.7. The van der Waals surface area contributed by atoms with Gasteiger partial charge in [-0.25, -0.2) is 13.8 Å².